The van der Waals surface area contributed by atoms with E-state index < -0.39 is 0 Å². The van der Waals surface area contributed by atoms with Gasteiger partial charge < -0.3 is 5.32 Å². The second-order valence-corrected chi connectivity index (χ2v) is 5.85. The van der Waals surface area contributed by atoms with Crippen LogP contribution in [0.15, 0.2) is 18.2 Å². The van der Waals surface area contributed by atoms with Crippen molar-refractivity contribution in [1.82, 2.24) is 5.32 Å². The summed E-state index contributed by atoms with van der Waals surface area (Å²) in [6.07, 6.45) is 8.08. The van der Waals surface area contributed by atoms with Crippen LogP contribution in [-0.2, 0) is 0 Å². The van der Waals surface area contributed by atoms with Crippen molar-refractivity contribution in [2.75, 3.05) is 6.54 Å². The summed E-state index contributed by atoms with van der Waals surface area (Å²) >= 11 is 0. The molecule has 0 saturated heterocycles. The van der Waals surface area contributed by atoms with Crippen LogP contribution in [-0.4, -0.2) is 6.54 Å². The van der Waals surface area contributed by atoms with Crippen molar-refractivity contribution in [3.05, 3.63) is 35.1 Å². The molecule has 1 nitrogen and oxygen atoms in total. The molecule has 0 radical (unpaired) electrons. The predicted molar refractivity (Wildman–Crippen MR) is 78.7 cm³/mol. The Balaban J connectivity index is 2.09. The molecule has 0 bridgehead atoms. The number of halogens is 1. The maximum Gasteiger partial charge on any atom is 0.123 e. The van der Waals surface area contributed by atoms with E-state index in [2.05, 4.69) is 12.2 Å². The first-order chi connectivity index (χ1) is 9.20. The van der Waals surface area contributed by atoms with E-state index in [1.165, 1.54) is 44.1 Å². The molecule has 2 heteroatoms. The fourth-order valence-electron chi connectivity index (χ4n) is 3.35. The van der Waals surface area contributed by atoms with Gasteiger partial charge in [0.05, 0.1) is 0 Å². The molecule has 0 aliphatic heterocycles. The van der Waals surface area contributed by atoms with Gasteiger partial charge in [-0.2, -0.15) is 0 Å². The van der Waals surface area contributed by atoms with Gasteiger partial charge >= 0.3 is 0 Å². The van der Waals surface area contributed by atoms with Gasteiger partial charge in [0.2, 0.25) is 0 Å². The lowest BCUT2D eigenvalue weighted by molar-refractivity contribution is 0.301. The van der Waals surface area contributed by atoms with Gasteiger partial charge in [-0.05, 0) is 49.1 Å². The number of aryl methyl sites for hydroxylation is 1. The molecule has 19 heavy (non-hydrogen) atoms. The van der Waals surface area contributed by atoms with Crippen LogP contribution < -0.4 is 5.32 Å². The van der Waals surface area contributed by atoms with Crippen molar-refractivity contribution >= 4 is 0 Å². The highest BCUT2D eigenvalue weighted by atomic mass is 19.1. The molecule has 1 atom stereocenters. The number of rotatable bonds is 5. The number of nitrogens with one attached hydrogen (secondary N) is 1. The minimum absolute atomic E-state index is 0.130. The Morgan fingerprint density at radius 2 is 2.00 bits per heavy atom. The minimum atomic E-state index is -0.130. The van der Waals surface area contributed by atoms with Gasteiger partial charge in [0, 0.05) is 6.04 Å². The first kappa shape index (κ1) is 14.5. The fraction of sp³-hybridized carbons (Fsp3) is 0.647. The number of hydrogen-bond acceptors (Lipinski definition) is 1. The van der Waals surface area contributed by atoms with Crippen LogP contribution in [0.25, 0.3) is 0 Å². The maximum absolute atomic E-state index is 13.2. The van der Waals surface area contributed by atoms with E-state index in [1.54, 1.807) is 12.1 Å². The molecular formula is C17H26FN. The summed E-state index contributed by atoms with van der Waals surface area (Å²) in [6, 6.07) is 5.59. The first-order valence-electron chi connectivity index (χ1n) is 7.70. The molecular weight excluding hydrogens is 237 g/mol. The van der Waals surface area contributed by atoms with E-state index >= 15 is 0 Å². The van der Waals surface area contributed by atoms with Gasteiger partial charge in [0.25, 0.3) is 0 Å². The van der Waals surface area contributed by atoms with Crippen molar-refractivity contribution in [3.63, 3.8) is 0 Å². The Morgan fingerprint density at radius 3 is 2.63 bits per heavy atom. The van der Waals surface area contributed by atoms with E-state index in [4.69, 9.17) is 0 Å². The SMILES string of the molecule is CCNC(CC1CCCCC1)c1ccc(F)cc1C. The highest BCUT2D eigenvalue weighted by Crippen LogP contribution is 2.32. The Bertz CT molecular complexity index is 396. The first-order valence-corrected chi connectivity index (χ1v) is 7.70. The second kappa shape index (κ2) is 7.04. The monoisotopic (exact) mass is 263 g/mol. The minimum Gasteiger partial charge on any atom is -0.310 e. The highest BCUT2D eigenvalue weighted by Gasteiger charge is 2.20. The lowest BCUT2D eigenvalue weighted by Crippen LogP contribution is -2.25. The van der Waals surface area contributed by atoms with E-state index in [0.29, 0.717) is 6.04 Å². The molecule has 0 heterocycles. The van der Waals surface area contributed by atoms with Crippen LogP contribution in [0.2, 0.25) is 0 Å². The van der Waals surface area contributed by atoms with Gasteiger partial charge in [0.15, 0.2) is 0 Å². The largest absolute Gasteiger partial charge is 0.310 e. The molecule has 2 rings (SSSR count). The fourth-order valence-corrected chi connectivity index (χ4v) is 3.35. The van der Waals surface area contributed by atoms with Crippen molar-refractivity contribution in [2.24, 2.45) is 5.92 Å². The summed E-state index contributed by atoms with van der Waals surface area (Å²) in [5.41, 5.74) is 2.34. The average molecular weight is 263 g/mol. The normalized spacial score (nSPS) is 18.5. The van der Waals surface area contributed by atoms with Gasteiger partial charge in [-0.15, -0.1) is 0 Å². The zero-order chi connectivity index (χ0) is 13.7. The molecule has 0 spiro atoms. The zero-order valence-electron chi connectivity index (χ0n) is 12.2. The summed E-state index contributed by atoms with van der Waals surface area (Å²) in [4.78, 5) is 0. The molecule has 0 amide bonds. The van der Waals surface area contributed by atoms with E-state index in [-0.39, 0.29) is 5.82 Å². The lowest BCUT2D eigenvalue weighted by atomic mass is 9.82. The number of hydrogen-bond donors (Lipinski definition) is 1. The van der Waals surface area contributed by atoms with Crippen LogP contribution in [0.1, 0.15) is 62.6 Å². The smallest absolute Gasteiger partial charge is 0.123 e. The Morgan fingerprint density at radius 1 is 1.26 bits per heavy atom. The molecule has 106 valence electrons. The van der Waals surface area contributed by atoms with E-state index in [0.717, 1.165) is 18.0 Å². The molecule has 1 unspecified atom stereocenters. The van der Waals surface area contributed by atoms with Crippen LogP contribution >= 0.6 is 0 Å². The third kappa shape index (κ3) is 4.04. The third-order valence-electron chi connectivity index (χ3n) is 4.35. The molecule has 1 N–H and O–H groups in total. The summed E-state index contributed by atoms with van der Waals surface area (Å²) in [7, 11) is 0. The molecule has 1 aliphatic rings. The third-order valence-corrected chi connectivity index (χ3v) is 4.35. The maximum atomic E-state index is 13.2. The zero-order valence-corrected chi connectivity index (χ0v) is 12.2. The van der Waals surface area contributed by atoms with Crippen LogP contribution in [0, 0.1) is 18.7 Å². The van der Waals surface area contributed by atoms with E-state index in [9.17, 15) is 4.39 Å². The quantitative estimate of drug-likeness (QED) is 0.808. The summed E-state index contributed by atoms with van der Waals surface area (Å²) < 4.78 is 13.2. The van der Waals surface area contributed by atoms with Crippen LogP contribution in [0.4, 0.5) is 4.39 Å². The average Bonchev–Trinajstić information content (AvgIpc) is 2.39. The standard InChI is InChI=1S/C17H26FN/c1-3-19-17(12-14-7-5-4-6-8-14)16-10-9-15(18)11-13(16)2/h9-11,14,17,19H,3-8,12H2,1-2H3. The van der Waals surface area contributed by atoms with Gasteiger partial charge in [-0.1, -0.05) is 45.1 Å². The molecule has 1 fully saturated rings. The summed E-state index contributed by atoms with van der Waals surface area (Å²) in [5, 5.41) is 3.58. The van der Waals surface area contributed by atoms with Gasteiger partial charge in [-0.3, -0.25) is 0 Å². The van der Waals surface area contributed by atoms with E-state index in [1.807, 2.05) is 13.0 Å². The van der Waals surface area contributed by atoms with Crippen molar-refractivity contribution in [3.8, 4) is 0 Å². The van der Waals surface area contributed by atoms with Crippen molar-refractivity contribution in [1.29, 1.82) is 0 Å². The van der Waals surface area contributed by atoms with Gasteiger partial charge in [0.1, 0.15) is 5.82 Å². The molecule has 1 aliphatic carbocycles. The highest BCUT2D eigenvalue weighted by molar-refractivity contribution is 5.29. The Kier molecular flexibility index (Phi) is 5.38. The second-order valence-electron chi connectivity index (χ2n) is 5.85. The molecule has 1 aromatic rings. The van der Waals surface area contributed by atoms with Crippen LogP contribution in [0.3, 0.4) is 0 Å². The lowest BCUT2D eigenvalue weighted by Gasteiger charge is -2.28. The number of benzene rings is 1. The molecule has 0 aromatic heterocycles. The summed E-state index contributed by atoms with van der Waals surface area (Å²) in [5.74, 6) is 0.705. The topological polar surface area (TPSA) is 12.0 Å². The molecule has 1 saturated carbocycles. The van der Waals surface area contributed by atoms with Crippen LogP contribution in [0.5, 0.6) is 0 Å². The Hall–Kier alpha value is -0.890. The molecule has 1 aromatic carbocycles. The van der Waals surface area contributed by atoms with Crippen molar-refractivity contribution < 1.29 is 4.39 Å². The van der Waals surface area contributed by atoms with Crippen molar-refractivity contribution in [2.45, 2.75) is 58.4 Å². The summed E-state index contributed by atoms with van der Waals surface area (Å²) in [6.45, 7) is 5.13. The Labute approximate surface area is 116 Å². The predicted octanol–water partition coefficient (Wildman–Crippen LogP) is 4.76. The van der Waals surface area contributed by atoms with Gasteiger partial charge in [-0.25, -0.2) is 4.39 Å².